The first-order valence-electron chi connectivity index (χ1n) is 9.71. The lowest BCUT2D eigenvalue weighted by atomic mass is 9.80. The van der Waals surface area contributed by atoms with Crippen molar-refractivity contribution < 1.29 is 14.6 Å². The van der Waals surface area contributed by atoms with Crippen LogP contribution in [0.1, 0.15) is 59.8 Å². The van der Waals surface area contributed by atoms with Crippen LogP contribution < -0.4 is 0 Å². The highest BCUT2D eigenvalue weighted by molar-refractivity contribution is 6.02. The Morgan fingerprint density at radius 1 is 1.04 bits per heavy atom. The Hall–Kier alpha value is -2.39. The van der Waals surface area contributed by atoms with Crippen LogP contribution in [0.4, 0.5) is 0 Å². The van der Waals surface area contributed by atoms with Gasteiger partial charge in [-0.05, 0) is 72.1 Å². The van der Waals surface area contributed by atoms with Gasteiger partial charge in [0, 0.05) is 6.61 Å². The highest BCUT2D eigenvalue weighted by atomic mass is 16.5. The third kappa shape index (κ3) is 4.14. The molecule has 0 saturated heterocycles. The Bertz CT molecular complexity index is 820. The third-order valence-electron chi connectivity index (χ3n) is 5.00. The van der Waals surface area contributed by atoms with E-state index in [2.05, 4.69) is 20.4 Å². The summed E-state index contributed by atoms with van der Waals surface area (Å²) in [5.74, 6) is -0.291. The molecule has 0 heterocycles. The number of hydrogen-bond acceptors (Lipinski definition) is 3. The van der Waals surface area contributed by atoms with Crippen LogP contribution in [-0.2, 0) is 17.6 Å². The van der Waals surface area contributed by atoms with E-state index in [1.165, 1.54) is 0 Å². The summed E-state index contributed by atoms with van der Waals surface area (Å²) >= 11 is 0. The van der Waals surface area contributed by atoms with Gasteiger partial charge in [-0.2, -0.15) is 0 Å². The molecule has 2 rings (SSSR count). The SMILES string of the molecule is C=C(CCO)c1c(C)c(CC)c(-c2ccccc2)c(C(=O)OCC)c1CC. The van der Waals surface area contributed by atoms with Gasteiger partial charge >= 0.3 is 5.97 Å². The molecule has 27 heavy (non-hydrogen) atoms. The van der Waals surface area contributed by atoms with Gasteiger partial charge in [-0.3, -0.25) is 0 Å². The molecule has 2 aromatic rings. The minimum absolute atomic E-state index is 0.0397. The fourth-order valence-corrected chi connectivity index (χ4v) is 3.88. The fraction of sp³-hybridized carbons (Fsp3) is 0.375. The molecule has 144 valence electrons. The Morgan fingerprint density at radius 2 is 1.67 bits per heavy atom. The van der Waals surface area contributed by atoms with E-state index in [0.717, 1.165) is 45.4 Å². The Balaban J connectivity index is 2.96. The van der Waals surface area contributed by atoms with Gasteiger partial charge in [0.1, 0.15) is 0 Å². The van der Waals surface area contributed by atoms with E-state index in [4.69, 9.17) is 4.74 Å². The van der Waals surface area contributed by atoms with Gasteiger partial charge in [-0.15, -0.1) is 0 Å². The summed E-state index contributed by atoms with van der Waals surface area (Å²) in [6.45, 7) is 12.6. The molecule has 0 aliphatic rings. The van der Waals surface area contributed by atoms with E-state index in [0.29, 0.717) is 25.0 Å². The largest absolute Gasteiger partial charge is 0.462 e. The average Bonchev–Trinajstić information content (AvgIpc) is 2.67. The molecular formula is C24H30O3. The second-order valence-electron chi connectivity index (χ2n) is 6.58. The van der Waals surface area contributed by atoms with Crippen LogP contribution in [0.5, 0.6) is 0 Å². The minimum atomic E-state index is -0.291. The van der Waals surface area contributed by atoms with Gasteiger partial charge in [0.05, 0.1) is 12.2 Å². The number of ether oxygens (including phenoxy) is 1. The Labute approximate surface area is 162 Å². The smallest absolute Gasteiger partial charge is 0.339 e. The second-order valence-corrected chi connectivity index (χ2v) is 6.58. The van der Waals surface area contributed by atoms with Gasteiger partial charge in [-0.1, -0.05) is 50.8 Å². The van der Waals surface area contributed by atoms with Gasteiger partial charge in [-0.25, -0.2) is 4.79 Å². The summed E-state index contributed by atoms with van der Waals surface area (Å²) in [6.07, 6.45) is 1.98. The van der Waals surface area contributed by atoms with Crippen molar-refractivity contribution in [3.63, 3.8) is 0 Å². The summed E-state index contributed by atoms with van der Waals surface area (Å²) in [4.78, 5) is 13.0. The molecule has 0 aliphatic heterocycles. The van der Waals surface area contributed by atoms with E-state index < -0.39 is 0 Å². The van der Waals surface area contributed by atoms with Crippen LogP contribution in [0.15, 0.2) is 36.9 Å². The molecule has 0 aliphatic carbocycles. The van der Waals surface area contributed by atoms with E-state index in [9.17, 15) is 9.90 Å². The molecule has 0 unspecified atom stereocenters. The van der Waals surface area contributed by atoms with E-state index in [1.54, 1.807) is 0 Å². The standard InChI is InChI=1S/C24H30O3/c1-6-19-17(5)21(16(4)14-15-25)20(7-2)23(24(26)27-8-3)22(19)18-12-10-9-11-13-18/h9-13,25H,4,6-8,14-15H2,1-3,5H3. The van der Waals surface area contributed by atoms with Gasteiger partial charge in [0.15, 0.2) is 0 Å². The van der Waals surface area contributed by atoms with Crippen molar-refractivity contribution in [2.75, 3.05) is 13.2 Å². The predicted octanol–water partition coefficient (Wildman–Crippen LogP) is 5.36. The minimum Gasteiger partial charge on any atom is -0.462 e. The molecule has 0 radical (unpaired) electrons. The van der Waals surface area contributed by atoms with E-state index in [-0.39, 0.29) is 12.6 Å². The zero-order chi connectivity index (χ0) is 20.0. The summed E-state index contributed by atoms with van der Waals surface area (Å²) in [5, 5.41) is 9.42. The molecule has 0 fully saturated rings. The van der Waals surface area contributed by atoms with Crippen LogP contribution >= 0.6 is 0 Å². The number of rotatable bonds is 8. The van der Waals surface area contributed by atoms with Crippen molar-refractivity contribution in [2.24, 2.45) is 0 Å². The highest BCUT2D eigenvalue weighted by Crippen LogP contribution is 2.39. The monoisotopic (exact) mass is 366 g/mol. The van der Waals surface area contributed by atoms with Crippen molar-refractivity contribution in [2.45, 2.75) is 47.0 Å². The molecule has 0 saturated carbocycles. The van der Waals surface area contributed by atoms with Crippen LogP contribution in [0.25, 0.3) is 16.7 Å². The molecule has 0 bridgehead atoms. The molecule has 2 aromatic carbocycles. The topological polar surface area (TPSA) is 46.5 Å². The predicted molar refractivity (Wildman–Crippen MR) is 112 cm³/mol. The lowest BCUT2D eigenvalue weighted by Gasteiger charge is -2.25. The maximum atomic E-state index is 13.0. The van der Waals surface area contributed by atoms with E-state index >= 15 is 0 Å². The van der Waals surface area contributed by atoms with Gasteiger partial charge in [0.25, 0.3) is 0 Å². The lowest BCUT2D eigenvalue weighted by Crippen LogP contribution is -2.15. The first-order valence-corrected chi connectivity index (χ1v) is 9.71. The average molecular weight is 367 g/mol. The van der Waals surface area contributed by atoms with Crippen molar-refractivity contribution in [3.8, 4) is 11.1 Å². The van der Waals surface area contributed by atoms with Crippen LogP contribution in [0.3, 0.4) is 0 Å². The summed E-state index contributed by atoms with van der Waals surface area (Å²) in [7, 11) is 0. The second kappa shape index (κ2) is 9.52. The number of aliphatic hydroxyl groups excluding tert-OH is 1. The van der Waals surface area contributed by atoms with Crippen LogP contribution in [0.2, 0.25) is 0 Å². The first-order chi connectivity index (χ1) is 13.0. The lowest BCUT2D eigenvalue weighted by molar-refractivity contribution is 0.0526. The summed E-state index contributed by atoms with van der Waals surface area (Å²) < 4.78 is 5.45. The molecule has 0 spiro atoms. The molecule has 0 aromatic heterocycles. The third-order valence-corrected chi connectivity index (χ3v) is 5.00. The highest BCUT2D eigenvalue weighted by Gasteiger charge is 2.26. The van der Waals surface area contributed by atoms with Crippen LogP contribution in [-0.4, -0.2) is 24.3 Å². The molecule has 0 atom stereocenters. The summed E-state index contributed by atoms with van der Waals surface area (Å²) in [6, 6.07) is 10.0. The Morgan fingerprint density at radius 3 is 2.19 bits per heavy atom. The zero-order valence-electron chi connectivity index (χ0n) is 16.9. The number of carbonyl (C=O) groups is 1. The van der Waals surface area contributed by atoms with Crippen molar-refractivity contribution in [3.05, 3.63) is 64.7 Å². The van der Waals surface area contributed by atoms with Crippen molar-refractivity contribution in [1.82, 2.24) is 0 Å². The molecular weight excluding hydrogens is 336 g/mol. The number of benzene rings is 2. The quantitative estimate of drug-likeness (QED) is 0.640. The fourth-order valence-electron chi connectivity index (χ4n) is 3.88. The number of hydrogen-bond donors (Lipinski definition) is 1. The maximum Gasteiger partial charge on any atom is 0.339 e. The summed E-state index contributed by atoms with van der Waals surface area (Å²) in [5.41, 5.74) is 7.73. The molecule has 3 heteroatoms. The van der Waals surface area contributed by atoms with Crippen molar-refractivity contribution >= 4 is 11.5 Å². The van der Waals surface area contributed by atoms with Crippen molar-refractivity contribution in [1.29, 1.82) is 0 Å². The normalized spacial score (nSPS) is 10.7. The Kier molecular flexibility index (Phi) is 7.37. The number of carbonyl (C=O) groups excluding carboxylic acids is 1. The first kappa shape index (κ1) is 20.9. The van der Waals surface area contributed by atoms with Crippen LogP contribution in [0, 0.1) is 6.92 Å². The zero-order valence-corrected chi connectivity index (χ0v) is 16.9. The molecule has 3 nitrogen and oxygen atoms in total. The van der Waals surface area contributed by atoms with Gasteiger partial charge in [0.2, 0.25) is 0 Å². The van der Waals surface area contributed by atoms with E-state index in [1.807, 2.05) is 44.2 Å². The molecule has 0 amide bonds. The molecule has 1 N–H and O–H groups in total. The maximum absolute atomic E-state index is 13.0. The number of esters is 1. The number of aliphatic hydroxyl groups is 1. The van der Waals surface area contributed by atoms with Gasteiger partial charge < -0.3 is 9.84 Å².